The molecule has 112 valence electrons. The number of nitrogens with one attached hydrogen (secondary N) is 2. The Labute approximate surface area is 127 Å². The molecule has 0 amide bonds. The standard InChI is InChI=1S/C17H24N4/c1-5-10-18-17-19-13(4)11-16(21-17)20-15-9-7-6-8-14(15)12(2)3/h6-9,11-12H,5,10H2,1-4H3,(H2,18,19,20,21). The molecular formula is C17H24N4. The van der Waals surface area contributed by atoms with Crippen molar-refractivity contribution >= 4 is 17.5 Å². The Morgan fingerprint density at radius 1 is 1.14 bits per heavy atom. The summed E-state index contributed by atoms with van der Waals surface area (Å²) >= 11 is 0. The van der Waals surface area contributed by atoms with Crippen LogP contribution in [-0.2, 0) is 0 Å². The topological polar surface area (TPSA) is 49.8 Å². The summed E-state index contributed by atoms with van der Waals surface area (Å²) in [4.78, 5) is 8.94. The van der Waals surface area contributed by atoms with E-state index in [4.69, 9.17) is 0 Å². The maximum absolute atomic E-state index is 4.53. The largest absolute Gasteiger partial charge is 0.354 e. The minimum Gasteiger partial charge on any atom is -0.354 e. The van der Waals surface area contributed by atoms with Gasteiger partial charge < -0.3 is 10.6 Å². The van der Waals surface area contributed by atoms with E-state index in [1.807, 2.05) is 19.1 Å². The number of aromatic nitrogens is 2. The lowest BCUT2D eigenvalue weighted by Crippen LogP contribution is -2.07. The molecule has 2 N–H and O–H groups in total. The van der Waals surface area contributed by atoms with Crippen molar-refractivity contribution in [2.75, 3.05) is 17.2 Å². The second kappa shape index (κ2) is 7.07. The van der Waals surface area contributed by atoms with Crippen molar-refractivity contribution in [3.05, 3.63) is 41.6 Å². The smallest absolute Gasteiger partial charge is 0.224 e. The molecule has 0 spiro atoms. The van der Waals surface area contributed by atoms with Crippen LogP contribution in [0.2, 0.25) is 0 Å². The maximum Gasteiger partial charge on any atom is 0.224 e. The second-order valence-electron chi connectivity index (χ2n) is 5.51. The summed E-state index contributed by atoms with van der Waals surface area (Å²) in [6, 6.07) is 10.3. The van der Waals surface area contributed by atoms with E-state index in [1.54, 1.807) is 0 Å². The molecule has 4 heteroatoms. The van der Waals surface area contributed by atoms with Crippen LogP contribution in [0.5, 0.6) is 0 Å². The Balaban J connectivity index is 2.25. The first kappa shape index (κ1) is 15.3. The number of aryl methyl sites for hydroxylation is 1. The van der Waals surface area contributed by atoms with Crippen LogP contribution in [0.15, 0.2) is 30.3 Å². The van der Waals surface area contributed by atoms with Gasteiger partial charge in [-0.2, -0.15) is 4.98 Å². The Morgan fingerprint density at radius 2 is 1.90 bits per heavy atom. The first-order chi connectivity index (χ1) is 10.1. The van der Waals surface area contributed by atoms with Gasteiger partial charge in [-0.25, -0.2) is 4.98 Å². The van der Waals surface area contributed by atoms with Gasteiger partial charge in [0.2, 0.25) is 5.95 Å². The third-order valence-electron chi connectivity index (χ3n) is 3.23. The molecule has 1 aromatic carbocycles. The minimum absolute atomic E-state index is 0.467. The summed E-state index contributed by atoms with van der Waals surface area (Å²) in [5.74, 6) is 1.98. The molecule has 2 rings (SSSR count). The van der Waals surface area contributed by atoms with Crippen molar-refractivity contribution in [3.8, 4) is 0 Å². The minimum atomic E-state index is 0.467. The Bertz CT molecular complexity index is 593. The number of benzene rings is 1. The molecule has 0 bridgehead atoms. The van der Waals surface area contributed by atoms with Crippen LogP contribution in [0.1, 0.15) is 44.4 Å². The highest BCUT2D eigenvalue weighted by Crippen LogP contribution is 2.26. The van der Waals surface area contributed by atoms with E-state index in [0.29, 0.717) is 11.9 Å². The SMILES string of the molecule is CCCNc1nc(C)cc(Nc2ccccc2C(C)C)n1. The van der Waals surface area contributed by atoms with Gasteiger partial charge in [-0.3, -0.25) is 0 Å². The molecule has 0 unspecified atom stereocenters. The zero-order chi connectivity index (χ0) is 15.2. The van der Waals surface area contributed by atoms with E-state index in [0.717, 1.165) is 30.2 Å². The van der Waals surface area contributed by atoms with Crippen LogP contribution in [-0.4, -0.2) is 16.5 Å². The number of hydrogen-bond donors (Lipinski definition) is 2. The van der Waals surface area contributed by atoms with Crippen molar-refractivity contribution in [1.82, 2.24) is 9.97 Å². The van der Waals surface area contributed by atoms with Crippen LogP contribution in [0.3, 0.4) is 0 Å². The monoisotopic (exact) mass is 284 g/mol. The van der Waals surface area contributed by atoms with Gasteiger partial charge in [0.1, 0.15) is 5.82 Å². The summed E-state index contributed by atoms with van der Waals surface area (Å²) in [6.45, 7) is 9.38. The van der Waals surface area contributed by atoms with E-state index >= 15 is 0 Å². The van der Waals surface area contributed by atoms with E-state index in [2.05, 4.69) is 59.6 Å². The first-order valence-corrected chi connectivity index (χ1v) is 7.55. The summed E-state index contributed by atoms with van der Waals surface area (Å²) in [6.07, 6.45) is 1.05. The third kappa shape index (κ3) is 4.18. The fourth-order valence-electron chi connectivity index (χ4n) is 2.20. The Morgan fingerprint density at radius 3 is 2.62 bits per heavy atom. The van der Waals surface area contributed by atoms with Crippen LogP contribution in [0.25, 0.3) is 0 Å². The third-order valence-corrected chi connectivity index (χ3v) is 3.23. The predicted octanol–water partition coefficient (Wildman–Crippen LogP) is 4.47. The van der Waals surface area contributed by atoms with Gasteiger partial charge in [-0.05, 0) is 30.9 Å². The zero-order valence-electron chi connectivity index (χ0n) is 13.3. The van der Waals surface area contributed by atoms with Crippen LogP contribution in [0.4, 0.5) is 17.5 Å². The molecule has 0 fully saturated rings. The molecular weight excluding hydrogens is 260 g/mol. The molecule has 2 aromatic rings. The molecule has 0 saturated heterocycles. The molecule has 0 radical (unpaired) electrons. The Hall–Kier alpha value is -2.10. The van der Waals surface area contributed by atoms with E-state index in [-0.39, 0.29) is 0 Å². The fourth-order valence-corrected chi connectivity index (χ4v) is 2.20. The van der Waals surface area contributed by atoms with Crippen molar-refractivity contribution in [2.24, 2.45) is 0 Å². The number of hydrogen-bond acceptors (Lipinski definition) is 4. The molecule has 21 heavy (non-hydrogen) atoms. The van der Waals surface area contributed by atoms with E-state index in [1.165, 1.54) is 5.56 Å². The second-order valence-corrected chi connectivity index (χ2v) is 5.51. The molecule has 0 aliphatic carbocycles. The quantitative estimate of drug-likeness (QED) is 0.821. The maximum atomic E-state index is 4.53. The van der Waals surface area contributed by atoms with Crippen LogP contribution < -0.4 is 10.6 Å². The zero-order valence-corrected chi connectivity index (χ0v) is 13.3. The predicted molar refractivity (Wildman–Crippen MR) is 89.4 cm³/mol. The first-order valence-electron chi connectivity index (χ1n) is 7.55. The van der Waals surface area contributed by atoms with Crippen molar-refractivity contribution in [1.29, 1.82) is 0 Å². The van der Waals surface area contributed by atoms with Crippen molar-refractivity contribution in [3.63, 3.8) is 0 Å². The van der Waals surface area contributed by atoms with Gasteiger partial charge in [-0.15, -0.1) is 0 Å². The van der Waals surface area contributed by atoms with Crippen LogP contribution >= 0.6 is 0 Å². The normalized spacial score (nSPS) is 10.7. The molecule has 1 aromatic heterocycles. The van der Waals surface area contributed by atoms with Gasteiger partial charge in [0, 0.05) is 24.0 Å². The average Bonchev–Trinajstić information content (AvgIpc) is 2.45. The van der Waals surface area contributed by atoms with Gasteiger partial charge in [0.25, 0.3) is 0 Å². The number of rotatable bonds is 6. The molecule has 4 nitrogen and oxygen atoms in total. The van der Waals surface area contributed by atoms with Gasteiger partial charge >= 0.3 is 0 Å². The fraction of sp³-hybridized carbons (Fsp3) is 0.412. The number of anilines is 3. The highest BCUT2D eigenvalue weighted by molar-refractivity contribution is 5.62. The highest BCUT2D eigenvalue weighted by atomic mass is 15.1. The lowest BCUT2D eigenvalue weighted by Gasteiger charge is -2.15. The lowest BCUT2D eigenvalue weighted by molar-refractivity contribution is 0.868. The summed E-state index contributed by atoms with van der Waals surface area (Å²) in [5.41, 5.74) is 3.34. The molecule has 0 aliphatic rings. The van der Waals surface area contributed by atoms with Crippen LogP contribution in [0, 0.1) is 6.92 Å². The van der Waals surface area contributed by atoms with Crippen molar-refractivity contribution < 1.29 is 0 Å². The summed E-state index contributed by atoms with van der Waals surface area (Å²) in [7, 11) is 0. The number of nitrogens with zero attached hydrogens (tertiary/aromatic N) is 2. The van der Waals surface area contributed by atoms with Gasteiger partial charge in [-0.1, -0.05) is 39.0 Å². The van der Waals surface area contributed by atoms with Gasteiger partial charge in [0.15, 0.2) is 0 Å². The molecule has 1 heterocycles. The number of para-hydroxylation sites is 1. The van der Waals surface area contributed by atoms with Gasteiger partial charge in [0.05, 0.1) is 0 Å². The highest BCUT2D eigenvalue weighted by Gasteiger charge is 2.08. The van der Waals surface area contributed by atoms with E-state index < -0.39 is 0 Å². The molecule has 0 aliphatic heterocycles. The lowest BCUT2D eigenvalue weighted by atomic mass is 10.0. The van der Waals surface area contributed by atoms with Crippen molar-refractivity contribution in [2.45, 2.75) is 40.0 Å². The van der Waals surface area contributed by atoms with E-state index in [9.17, 15) is 0 Å². The molecule has 0 saturated carbocycles. The summed E-state index contributed by atoms with van der Waals surface area (Å²) in [5, 5.41) is 6.66. The average molecular weight is 284 g/mol. The Kier molecular flexibility index (Phi) is 5.14. The molecule has 0 atom stereocenters. The summed E-state index contributed by atoms with van der Waals surface area (Å²) < 4.78 is 0.